The highest BCUT2D eigenvalue weighted by atomic mass is 19.4. The second-order valence-corrected chi connectivity index (χ2v) is 20.2. The van der Waals surface area contributed by atoms with Gasteiger partial charge in [-0.2, -0.15) is 26.3 Å². The van der Waals surface area contributed by atoms with Gasteiger partial charge in [-0.05, 0) is 18.4 Å². The van der Waals surface area contributed by atoms with Crippen LogP contribution in [0.5, 0.6) is 0 Å². The number of ether oxygens (including phenoxy) is 12. The van der Waals surface area contributed by atoms with Crippen LogP contribution in [0.4, 0.5) is 38.0 Å². The number of aromatic nitrogens is 4. The molecule has 0 aromatic carbocycles. The molecule has 512 valence electrons. The Balaban J connectivity index is 1.03. The Kier molecular flexibility index (Phi) is 37.6. The third kappa shape index (κ3) is 32.1. The van der Waals surface area contributed by atoms with E-state index < -0.39 is 84.6 Å². The number of nitrogens with one attached hydrogen (secondary N) is 5. The van der Waals surface area contributed by atoms with E-state index in [4.69, 9.17) is 62.4 Å². The maximum absolute atomic E-state index is 13.1. The van der Waals surface area contributed by atoms with Crippen molar-refractivity contribution in [2.24, 2.45) is 5.11 Å². The molecule has 0 saturated carbocycles. The van der Waals surface area contributed by atoms with Crippen LogP contribution in [0, 0.1) is 0 Å². The number of azide groups is 1. The maximum Gasteiger partial charge on any atom is 0.434 e. The van der Waals surface area contributed by atoms with E-state index in [1.807, 2.05) is 0 Å². The fourth-order valence-electron chi connectivity index (χ4n) is 8.27. The monoisotopic (exact) mass is 1310 g/mol. The summed E-state index contributed by atoms with van der Waals surface area (Å²) >= 11 is 0. The van der Waals surface area contributed by atoms with Crippen molar-refractivity contribution in [2.75, 3.05) is 170 Å². The lowest BCUT2D eigenvalue weighted by Gasteiger charge is -2.38. The Morgan fingerprint density at radius 2 is 1.07 bits per heavy atom. The molecule has 2 saturated heterocycles. The van der Waals surface area contributed by atoms with E-state index in [9.17, 15) is 61.2 Å². The van der Waals surface area contributed by atoms with Gasteiger partial charge in [0.05, 0.1) is 175 Å². The van der Waals surface area contributed by atoms with Crippen molar-refractivity contribution in [2.45, 2.75) is 112 Å². The number of unbranched alkanes of at least 4 members (excludes halogenated alkanes) is 2. The van der Waals surface area contributed by atoms with Crippen molar-refractivity contribution in [3.63, 3.8) is 0 Å². The molecule has 2 unspecified atom stereocenters. The molecule has 2 aromatic heterocycles. The first kappa shape index (κ1) is 76.9. The molecule has 37 heteroatoms. The normalized spacial score (nSPS) is 21.0. The van der Waals surface area contributed by atoms with E-state index in [0.29, 0.717) is 44.8 Å². The molecule has 4 rings (SSSR count). The molecule has 3 amide bonds. The van der Waals surface area contributed by atoms with E-state index in [1.54, 1.807) is 0 Å². The smallest absolute Gasteiger partial charge is 0.388 e. The van der Waals surface area contributed by atoms with Crippen LogP contribution in [0.25, 0.3) is 10.4 Å². The first-order chi connectivity index (χ1) is 43.3. The van der Waals surface area contributed by atoms with Crippen molar-refractivity contribution < 1.29 is 118 Å². The number of methoxy groups -OCH3 is 1. The Morgan fingerprint density at radius 1 is 0.589 bits per heavy atom. The highest BCUT2D eigenvalue weighted by molar-refractivity contribution is 5.76. The van der Waals surface area contributed by atoms with Crippen LogP contribution in [0.3, 0.4) is 0 Å². The maximum atomic E-state index is 13.1. The summed E-state index contributed by atoms with van der Waals surface area (Å²) in [6, 6.07) is -2.58. The van der Waals surface area contributed by atoms with Crippen LogP contribution in [-0.2, 0) is 83.6 Å². The molecule has 2 aliphatic rings. The first-order valence-electron chi connectivity index (χ1n) is 29.1. The average Bonchev–Trinajstić information content (AvgIpc) is 1.15. The number of hydrogen-bond donors (Lipinski definition) is 9. The van der Waals surface area contributed by atoms with Crippen molar-refractivity contribution >= 4 is 29.4 Å². The summed E-state index contributed by atoms with van der Waals surface area (Å²) in [6.07, 6.45) is -12.5. The minimum absolute atomic E-state index is 0.00192. The summed E-state index contributed by atoms with van der Waals surface area (Å²) in [7, 11) is 1.51. The summed E-state index contributed by atoms with van der Waals surface area (Å²) < 4.78 is 145. The van der Waals surface area contributed by atoms with E-state index in [-0.39, 0.29) is 187 Å². The Hall–Kier alpha value is -5.58. The van der Waals surface area contributed by atoms with Gasteiger partial charge in [0.2, 0.25) is 17.7 Å². The van der Waals surface area contributed by atoms with Gasteiger partial charge in [-0.25, -0.2) is 9.97 Å². The minimum atomic E-state index is -4.74. The summed E-state index contributed by atoms with van der Waals surface area (Å²) in [5.74, 6) is -1.42. The van der Waals surface area contributed by atoms with Crippen LogP contribution in [0.2, 0.25) is 0 Å². The lowest BCUT2D eigenvalue weighted by atomic mass is 9.98. The third-order valence-electron chi connectivity index (χ3n) is 13.0. The number of alkyl halides is 6. The van der Waals surface area contributed by atoms with Gasteiger partial charge >= 0.3 is 12.4 Å². The molecule has 2 aliphatic heterocycles. The molecule has 2 aromatic rings. The SMILES string of the molecule is COCCOCC(COC[C@H]1OC[C@H](Nc2cncc(C(F)(F)F)n2)[C@@H](O)[C@H]1O)OCCNC(=O)CCOCC(COCCC(=O)NCCOCCOCCOCCOC[C@H]1OC[C@H](Nc2cncc(C(F)(F)F)n2)[C@@H](O)[C@H]1O)NC(=O)CCCCCN=[N+]=[N-]. The van der Waals surface area contributed by atoms with Crippen molar-refractivity contribution in [1.29, 1.82) is 0 Å². The lowest BCUT2D eigenvalue weighted by Crippen LogP contribution is -2.57. The van der Waals surface area contributed by atoms with Crippen LogP contribution in [0.15, 0.2) is 29.9 Å². The summed E-state index contributed by atoms with van der Waals surface area (Å²) in [4.78, 5) is 54.6. The number of amides is 3. The van der Waals surface area contributed by atoms with Crippen molar-refractivity contribution in [3.8, 4) is 0 Å². The third-order valence-corrected chi connectivity index (χ3v) is 13.0. The Morgan fingerprint density at radius 3 is 1.59 bits per heavy atom. The molecule has 2 fully saturated rings. The molecule has 4 heterocycles. The highest BCUT2D eigenvalue weighted by Crippen LogP contribution is 2.29. The van der Waals surface area contributed by atoms with E-state index >= 15 is 0 Å². The van der Waals surface area contributed by atoms with Gasteiger partial charge in [0.15, 0.2) is 11.4 Å². The zero-order valence-electron chi connectivity index (χ0n) is 49.9. The Labute approximate surface area is 515 Å². The fraction of sp³-hybridized carbons (Fsp3) is 0.792. The van der Waals surface area contributed by atoms with E-state index in [2.05, 4.69) is 56.5 Å². The van der Waals surface area contributed by atoms with Crippen LogP contribution >= 0.6 is 0 Å². The summed E-state index contributed by atoms with van der Waals surface area (Å²) in [5, 5.41) is 59.5. The topological polar surface area (TPSA) is 403 Å². The van der Waals surface area contributed by atoms with Gasteiger partial charge in [0, 0.05) is 50.9 Å². The molecule has 31 nitrogen and oxygen atoms in total. The number of nitrogens with zero attached hydrogens (tertiary/aromatic N) is 7. The van der Waals surface area contributed by atoms with E-state index in [0.717, 1.165) is 12.4 Å². The number of aliphatic hydroxyl groups is 4. The van der Waals surface area contributed by atoms with E-state index in [1.165, 1.54) is 7.11 Å². The number of hydrogen-bond acceptors (Lipinski definition) is 26. The van der Waals surface area contributed by atoms with Gasteiger partial charge in [-0.1, -0.05) is 11.5 Å². The van der Waals surface area contributed by atoms with Crippen molar-refractivity contribution in [1.82, 2.24) is 35.9 Å². The second-order valence-electron chi connectivity index (χ2n) is 20.2. The van der Waals surface area contributed by atoms with Gasteiger partial charge in [-0.15, -0.1) is 0 Å². The summed E-state index contributed by atoms with van der Waals surface area (Å²) in [6.45, 7) is 2.24. The van der Waals surface area contributed by atoms with Crippen LogP contribution < -0.4 is 26.6 Å². The number of carbonyl (C=O) groups is 3. The molecular formula is C53H84F6N12O19. The first-order valence-corrected chi connectivity index (χ1v) is 29.1. The highest BCUT2D eigenvalue weighted by Gasteiger charge is 2.41. The van der Waals surface area contributed by atoms with Gasteiger partial charge < -0.3 is 104 Å². The predicted molar refractivity (Wildman–Crippen MR) is 300 cm³/mol. The quantitative estimate of drug-likeness (QED) is 0.0142. The number of aliphatic hydroxyl groups excluding tert-OH is 4. The fourth-order valence-corrected chi connectivity index (χ4v) is 8.27. The summed E-state index contributed by atoms with van der Waals surface area (Å²) in [5.41, 5.74) is 6.03. The number of rotatable bonds is 48. The van der Waals surface area contributed by atoms with Crippen LogP contribution in [-0.4, -0.2) is 278 Å². The van der Waals surface area contributed by atoms with Crippen molar-refractivity contribution in [3.05, 3.63) is 46.6 Å². The zero-order chi connectivity index (χ0) is 65.4. The van der Waals surface area contributed by atoms with Crippen LogP contribution in [0.1, 0.15) is 49.9 Å². The average molecular weight is 1310 g/mol. The molecule has 0 radical (unpaired) electrons. The molecule has 9 N–H and O–H groups in total. The minimum Gasteiger partial charge on any atom is -0.388 e. The number of halogens is 6. The van der Waals surface area contributed by atoms with Gasteiger partial charge in [-0.3, -0.25) is 24.4 Å². The molecule has 0 aliphatic carbocycles. The standard InChI is InChI=1S/C53H84F6N12O19/c1-79-15-16-85-29-36(30-87-34-40-51(78)49(76)38(32-90-40)68-44-26-62-24-42(70-44)53(57,58)59)88-14-10-64-46(73)7-12-84-28-35(66-47(74)5-3-2-4-8-65-71-60)27-83-11-6-45(72)63-9-13-80-17-18-81-19-20-82-21-22-86-33-39-50(77)48(75)37(31-89-39)67-43-25-61-23-41(69-43)52(54,55)56/h23-26,35-40,48-51,75-78H,2-22,27-34H2,1H3,(H,63,72)(H,64,73)(H,66,74)(H,67,69)(H,68,70)/t35?,36?,37-,38-,39+,40+,48+,49+,50-,51-/m0/s1. The van der Waals surface area contributed by atoms with Gasteiger partial charge in [0.25, 0.3) is 0 Å². The molecule has 0 bridgehead atoms. The number of anilines is 2. The largest absolute Gasteiger partial charge is 0.434 e. The Bertz CT molecular complexity index is 2370. The number of carbonyl (C=O) groups excluding carboxylic acids is 3. The van der Waals surface area contributed by atoms with Gasteiger partial charge in [0.1, 0.15) is 54.4 Å². The molecule has 10 atom stereocenters. The molecular weight excluding hydrogens is 1220 g/mol. The molecule has 90 heavy (non-hydrogen) atoms. The molecule has 0 spiro atoms. The lowest BCUT2D eigenvalue weighted by molar-refractivity contribution is -0.165. The zero-order valence-corrected chi connectivity index (χ0v) is 49.9. The second kappa shape index (κ2) is 44.1. The predicted octanol–water partition coefficient (Wildman–Crippen LogP) is 0.339.